The molecule has 2 aromatic heterocycles. The first-order valence-electron chi connectivity index (χ1n) is 7.40. The number of aromatic nitrogens is 2. The van der Waals surface area contributed by atoms with Crippen LogP contribution in [0.25, 0.3) is 10.9 Å². The van der Waals surface area contributed by atoms with Crippen LogP contribution in [0.5, 0.6) is 0 Å². The zero-order valence-corrected chi connectivity index (χ0v) is 14.2. The molecule has 8 heteroatoms. The third kappa shape index (κ3) is 3.65. The van der Waals surface area contributed by atoms with E-state index in [0.29, 0.717) is 27.8 Å². The lowest BCUT2D eigenvalue weighted by atomic mass is 10.0. The number of anilines is 2. The van der Waals surface area contributed by atoms with Crippen LogP contribution >= 0.6 is 0 Å². The fraction of sp³-hybridized carbons (Fsp3) is 0.118. The smallest absolute Gasteiger partial charge is 0.252 e. The van der Waals surface area contributed by atoms with Crippen molar-refractivity contribution in [3.05, 3.63) is 59.5 Å². The molecule has 1 unspecified atom stereocenters. The molecule has 7 nitrogen and oxygen atoms in total. The largest absolute Gasteiger partial charge is 0.772 e. The van der Waals surface area contributed by atoms with Crippen LogP contribution < -0.4 is 11.1 Å². The first kappa shape index (κ1) is 17.0. The van der Waals surface area contributed by atoms with E-state index in [1.165, 1.54) is 6.20 Å². The van der Waals surface area contributed by atoms with Crippen LogP contribution in [-0.4, -0.2) is 24.6 Å². The van der Waals surface area contributed by atoms with Gasteiger partial charge in [-0.15, -0.1) is 0 Å². The van der Waals surface area contributed by atoms with E-state index in [2.05, 4.69) is 15.3 Å². The van der Waals surface area contributed by atoms with Crippen LogP contribution in [0.3, 0.4) is 0 Å². The molecule has 0 aliphatic carbocycles. The Morgan fingerprint density at radius 3 is 2.80 bits per heavy atom. The zero-order chi connectivity index (χ0) is 18.0. The van der Waals surface area contributed by atoms with Gasteiger partial charge in [-0.25, -0.2) is 0 Å². The first-order chi connectivity index (χ1) is 12.0. The monoisotopic (exact) mass is 355 g/mol. The van der Waals surface area contributed by atoms with Gasteiger partial charge >= 0.3 is 0 Å². The summed E-state index contributed by atoms with van der Waals surface area (Å²) in [6.45, 7) is 1.84. The summed E-state index contributed by atoms with van der Waals surface area (Å²) < 4.78 is 22.1. The Labute approximate surface area is 146 Å². The van der Waals surface area contributed by atoms with Gasteiger partial charge in [0.15, 0.2) is 0 Å². The van der Waals surface area contributed by atoms with E-state index in [-0.39, 0.29) is 11.3 Å². The molecule has 0 spiro atoms. The van der Waals surface area contributed by atoms with Crippen LogP contribution in [0.15, 0.2) is 42.9 Å². The quantitative estimate of drug-likeness (QED) is 0.677. The Morgan fingerprint density at radius 1 is 1.36 bits per heavy atom. The summed E-state index contributed by atoms with van der Waals surface area (Å²) in [7, 11) is 0. The number of nitrogens with one attached hydrogen (secondary N) is 1. The third-order valence-electron chi connectivity index (χ3n) is 3.70. The molecule has 0 aliphatic heterocycles. The molecule has 0 fully saturated rings. The average Bonchev–Trinajstić information content (AvgIpc) is 2.55. The number of pyridine rings is 2. The van der Waals surface area contributed by atoms with E-state index >= 15 is 0 Å². The van der Waals surface area contributed by atoms with Gasteiger partial charge in [0.2, 0.25) is 0 Å². The van der Waals surface area contributed by atoms with Gasteiger partial charge in [-0.3, -0.25) is 19.0 Å². The molecule has 0 radical (unpaired) electrons. The maximum Gasteiger partial charge on any atom is 0.252 e. The van der Waals surface area contributed by atoms with Crippen LogP contribution in [0.2, 0.25) is 0 Å². The second-order valence-corrected chi connectivity index (χ2v) is 6.43. The van der Waals surface area contributed by atoms with Gasteiger partial charge in [0, 0.05) is 23.5 Å². The highest BCUT2D eigenvalue weighted by Gasteiger charge is 2.15. The van der Waals surface area contributed by atoms with Gasteiger partial charge in [-0.2, -0.15) is 0 Å². The predicted molar refractivity (Wildman–Crippen MR) is 95.1 cm³/mol. The van der Waals surface area contributed by atoms with E-state index in [9.17, 15) is 13.6 Å². The van der Waals surface area contributed by atoms with E-state index in [1.807, 2.05) is 6.92 Å². The minimum Gasteiger partial charge on any atom is -0.772 e. The van der Waals surface area contributed by atoms with Crippen molar-refractivity contribution in [3.63, 3.8) is 0 Å². The number of nitrogens with zero attached hydrogens (tertiary/aromatic N) is 2. The summed E-state index contributed by atoms with van der Waals surface area (Å²) in [5.41, 5.74) is 8.93. The lowest BCUT2D eigenvalue weighted by Crippen LogP contribution is -2.14. The van der Waals surface area contributed by atoms with Crippen LogP contribution in [-0.2, 0) is 16.8 Å². The number of benzene rings is 1. The number of carbonyl (C=O) groups is 1. The zero-order valence-electron chi connectivity index (χ0n) is 13.4. The van der Waals surface area contributed by atoms with Gasteiger partial charge in [0.05, 0.1) is 28.7 Å². The highest BCUT2D eigenvalue weighted by atomic mass is 32.2. The molecule has 25 heavy (non-hydrogen) atoms. The maximum atomic E-state index is 11.8. The van der Waals surface area contributed by atoms with Crippen molar-refractivity contribution < 1.29 is 13.6 Å². The Kier molecular flexibility index (Phi) is 4.73. The number of rotatable bonds is 5. The lowest BCUT2D eigenvalue weighted by Gasteiger charge is -2.15. The van der Waals surface area contributed by atoms with Crippen LogP contribution in [0, 0.1) is 6.92 Å². The highest BCUT2D eigenvalue weighted by molar-refractivity contribution is 7.78. The van der Waals surface area contributed by atoms with Gasteiger partial charge in [0.1, 0.15) is 0 Å². The predicted octanol–water partition coefficient (Wildman–Crippen LogP) is 2.16. The molecular weight excluding hydrogens is 340 g/mol. The molecule has 0 saturated carbocycles. The molecule has 3 rings (SSSR count). The topological polar surface area (TPSA) is 121 Å². The number of carbonyl (C=O) groups excluding carboxylic acids is 1. The maximum absolute atomic E-state index is 11.8. The van der Waals surface area contributed by atoms with E-state index in [0.717, 1.165) is 5.56 Å². The van der Waals surface area contributed by atoms with Crippen molar-refractivity contribution in [1.29, 1.82) is 0 Å². The van der Waals surface area contributed by atoms with Crippen LogP contribution in [0.4, 0.5) is 11.4 Å². The minimum absolute atomic E-state index is 0.121. The standard InChI is InChI=1S/C17H16N4O3S/c1-10-5-11(9-25(23)24)6-13-15(10)20-8-14(17(18)22)16(13)21-12-3-2-4-19-7-12/h2-8H,9H2,1H3,(H2,18,22)(H,20,21)(H,23,24)/p-1. The summed E-state index contributed by atoms with van der Waals surface area (Å²) >= 11 is -2.22. The molecule has 1 amide bonds. The number of amides is 1. The fourth-order valence-electron chi connectivity index (χ4n) is 2.68. The summed E-state index contributed by atoms with van der Waals surface area (Å²) in [6.07, 6.45) is 4.67. The van der Waals surface area contributed by atoms with E-state index < -0.39 is 17.0 Å². The number of hydrogen-bond donors (Lipinski definition) is 2. The molecule has 1 aromatic carbocycles. The first-order valence-corrected chi connectivity index (χ1v) is 8.65. The van der Waals surface area contributed by atoms with Crippen molar-refractivity contribution >= 4 is 39.3 Å². The third-order valence-corrected chi connectivity index (χ3v) is 4.27. The fourth-order valence-corrected chi connectivity index (χ4v) is 3.12. The van der Waals surface area contributed by atoms with Crippen molar-refractivity contribution in [2.24, 2.45) is 5.73 Å². The van der Waals surface area contributed by atoms with Gasteiger partial charge < -0.3 is 15.6 Å². The van der Waals surface area contributed by atoms with Crippen molar-refractivity contribution in [2.45, 2.75) is 12.7 Å². The second kappa shape index (κ2) is 6.96. The molecule has 2 heterocycles. The number of nitrogens with two attached hydrogens (primary N) is 1. The number of primary amides is 1. The van der Waals surface area contributed by atoms with Crippen LogP contribution in [0.1, 0.15) is 21.5 Å². The van der Waals surface area contributed by atoms with Gasteiger partial charge in [0.25, 0.3) is 5.91 Å². The molecule has 0 aliphatic rings. The summed E-state index contributed by atoms with van der Waals surface area (Å²) in [4.78, 5) is 20.2. The molecule has 1 atom stereocenters. The van der Waals surface area contributed by atoms with Crippen molar-refractivity contribution in [1.82, 2.24) is 9.97 Å². The van der Waals surface area contributed by atoms with Gasteiger partial charge in [-0.1, -0.05) is 17.1 Å². The highest BCUT2D eigenvalue weighted by Crippen LogP contribution is 2.31. The average molecular weight is 355 g/mol. The minimum atomic E-state index is -2.22. The number of aryl methyl sites for hydroxylation is 1. The second-order valence-electron chi connectivity index (χ2n) is 5.53. The molecule has 0 saturated heterocycles. The van der Waals surface area contributed by atoms with Crippen molar-refractivity contribution in [3.8, 4) is 0 Å². The molecule has 0 bridgehead atoms. The molecule has 3 aromatic rings. The number of fused-ring (bicyclic) bond motifs is 1. The Balaban J connectivity index is 2.25. The molecule has 3 N–H and O–H groups in total. The summed E-state index contributed by atoms with van der Waals surface area (Å²) in [5, 5.41) is 3.77. The summed E-state index contributed by atoms with van der Waals surface area (Å²) in [6, 6.07) is 7.03. The Bertz CT molecular complexity index is 977. The van der Waals surface area contributed by atoms with Gasteiger partial charge in [-0.05, 0) is 36.2 Å². The Hall–Kier alpha value is -2.84. The normalized spacial score (nSPS) is 12.1. The SMILES string of the molecule is Cc1cc(CS(=O)[O-])cc2c(Nc3cccnc3)c(C(N)=O)cnc12. The molecule has 128 valence electrons. The van der Waals surface area contributed by atoms with Crippen molar-refractivity contribution in [2.75, 3.05) is 5.32 Å². The summed E-state index contributed by atoms with van der Waals surface area (Å²) in [5.74, 6) is -0.750. The van der Waals surface area contributed by atoms with E-state index in [1.54, 1.807) is 36.7 Å². The van der Waals surface area contributed by atoms with E-state index in [4.69, 9.17) is 5.73 Å². The Morgan fingerprint density at radius 2 is 2.16 bits per heavy atom. The lowest BCUT2D eigenvalue weighted by molar-refractivity contribution is 0.100. The number of hydrogen-bond acceptors (Lipinski definition) is 6. The molecular formula is C17H15N4O3S-.